The molecule has 134 valence electrons. The first-order valence-corrected chi connectivity index (χ1v) is 8.04. The molecule has 1 heterocycles. The Bertz CT molecular complexity index is 790. The fourth-order valence-corrected chi connectivity index (χ4v) is 2.63. The van der Waals surface area contributed by atoms with Crippen LogP contribution in [0.4, 0.5) is 4.79 Å². The summed E-state index contributed by atoms with van der Waals surface area (Å²) in [4.78, 5) is 34.0. The average Bonchev–Trinajstić information content (AvgIpc) is 2.92. The lowest BCUT2D eigenvalue weighted by Gasteiger charge is -2.15. The summed E-state index contributed by atoms with van der Waals surface area (Å²) in [6, 6.07) is 5.49. The standard InChI is InChI=1S/C16H19ClN4O4/c17-11-4-3-10-5-7-21(13(10)8-11)9-14(22)20-12(15(23)24)2-1-6-19-16(18)25/h3-5,7-8,12H,1-2,6,9H2,(H,20,22)(H,23,24)(H3,18,19,25). The maximum atomic E-state index is 12.2. The monoisotopic (exact) mass is 366 g/mol. The van der Waals surface area contributed by atoms with Gasteiger partial charge in [-0.15, -0.1) is 0 Å². The number of aromatic nitrogens is 1. The van der Waals surface area contributed by atoms with Crippen molar-refractivity contribution in [3.63, 3.8) is 0 Å². The fourth-order valence-electron chi connectivity index (χ4n) is 2.46. The van der Waals surface area contributed by atoms with Gasteiger partial charge in [0.15, 0.2) is 0 Å². The predicted molar refractivity (Wildman–Crippen MR) is 93.3 cm³/mol. The number of rotatable bonds is 8. The molecule has 2 rings (SSSR count). The van der Waals surface area contributed by atoms with Crippen molar-refractivity contribution >= 4 is 40.4 Å². The van der Waals surface area contributed by atoms with E-state index in [9.17, 15) is 19.5 Å². The second-order valence-electron chi connectivity index (χ2n) is 5.54. The van der Waals surface area contributed by atoms with Gasteiger partial charge in [-0.3, -0.25) is 4.79 Å². The molecule has 1 unspecified atom stereocenters. The SMILES string of the molecule is NC(=O)NCCCC(NC(=O)Cn1ccc2ccc(Cl)cc21)C(=O)O. The Labute approximate surface area is 148 Å². The summed E-state index contributed by atoms with van der Waals surface area (Å²) < 4.78 is 1.70. The van der Waals surface area contributed by atoms with Gasteiger partial charge in [0, 0.05) is 23.3 Å². The first-order valence-electron chi connectivity index (χ1n) is 7.66. The van der Waals surface area contributed by atoms with Crippen LogP contribution >= 0.6 is 11.6 Å². The predicted octanol–water partition coefficient (Wildman–Crippen LogP) is 1.31. The van der Waals surface area contributed by atoms with E-state index in [2.05, 4.69) is 10.6 Å². The fraction of sp³-hybridized carbons (Fsp3) is 0.312. The summed E-state index contributed by atoms with van der Waals surface area (Å²) >= 11 is 5.97. The molecule has 3 amide bonds. The minimum Gasteiger partial charge on any atom is -0.480 e. The third-order valence-electron chi connectivity index (χ3n) is 3.65. The lowest BCUT2D eigenvalue weighted by Crippen LogP contribution is -2.42. The lowest BCUT2D eigenvalue weighted by atomic mass is 10.1. The minimum atomic E-state index is -1.13. The number of benzene rings is 1. The molecule has 5 N–H and O–H groups in total. The van der Waals surface area contributed by atoms with E-state index in [0.29, 0.717) is 11.4 Å². The number of hydrogen-bond acceptors (Lipinski definition) is 3. The number of carbonyl (C=O) groups excluding carboxylic acids is 2. The maximum absolute atomic E-state index is 12.2. The number of carboxylic acid groups (broad SMARTS) is 1. The zero-order valence-corrected chi connectivity index (χ0v) is 14.1. The number of hydrogen-bond donors (Lipinski definition) is 4. The highest BCUT2D eigenvalue weighted by Gasteiger charge is 2.19. The van der Waals surface area contributed by atoms with E-state index in [-0.39, 0.29) is 19.5 Å². The lowest BCUT2D eigenvalue weighted by molar-refractivity contribution is -0.142. The molecule has 0 radical (unpaired) electrons. The highest BCUT2D eigenvalue weighted by molar-refractivity contribution is 6.31. The number of nitrogens with two attached hydrogens (primary N) is 1. The molecule has 25 heavy (non-hydrogen) atoms. The van der Waals surface area contributed by atoms with Crippen molar-refractivity contribution < 1.29 is 19.5 Å². The molecule has 1 atom stereocenters. The average molecular weight is 367 g/mol. The third kappa shape index (κ3) is 5.39. The third-order valence-corrected chi connectivity index (χ3v) is 3.89. The van der Waals surface area contributed by atoms with Crippen LogP contribution in [0.1, 0.15) is 12.8 Å². The van der Waals surface area contributed by atoms with Crippen LogP contribution < -0.4 is 16.4 Å². The van der Waals surface area contributed by atoms with E-state index >= 15 is 0 Å². The van der Waals surface area contributed by atoms with Crippen molar-refractivity contribution in [3.8, 4) is 0 Å². The number of aliphatic carboxylic acids is 1. The van der Waals surface area contributed by atoms with E-state index in [4.69, 9.17) is 17.3 Å². The molecule has 0 bridgehead atoms. The van der Waals surface area contributed by atoms with Crippen LogP contribution in [-0.4, -0.2) is 40.2 Å². The second kappa shape index (κ2) is 8.39. The summed E-state index contributed by atoms with van der Waals surface area (Å²) in [5, 5.41) is 15.6. The van der Waals surface area contributed by atoms with Gasteiger partial charge in [-0.25, -0.2) is 9.59 Å². The molecule has 0 spiro atoms. The number of nitrogens with zero attached hydrogens (tertiary/aromatic N) is 1. The van der Waals surface area contributed by atoms with Crippen molar-refractivity contribution in [2.75, 3.05) is 6.54 Å². The first kappa shape index (κ1) is 18.6. The van der Waals surface area contributed by atoms with Gasteiger partial charge in [-0.1, -0.05) is 17.7 Å². The summed E-state index contributed by atoms with van der Waals surface area (Å²) in [6.07, 6.45) is 2.30. The maximum Gasteiger partial charge on any atom is 0.326 e. The number of primary amides is 1. The van der Waals surface area contributed by atoms with Crippen molar-refractivity contribution in [1.82, 2.24) is 15.2 Å². The van der Waals surface area contributed by atoms with Crippen LogP contribution in [0.2, 0.25) is 5.02 Å². The summed E-state index contributed by atoms with van der Waals surface area (Å²) in [5.41, 5.74) is 5.73. The molecule has 0 aliphatic heterocycles. The van der Waals surface area contributed by atoms with Gasteiger partial charge in [0.1, 0.15) is 12.6 Å². The number of carbonyl (C=O) groups is 3. The molecule has 1 aromatic heterocycles. The second-order valence-corrected chi connectivity index (χ2v) is 5.97. The van der Waals surface area contributed by atoms with Gasteiger partial charge in [-0.05, 0) is 36.4 Å². The van der Waals surface area contributed by atoms with Crippen molar-refractivity contribution in [2.45, 2.75) is 25.4 Å². The summed E-state index contributed by atoms with van der Waals surface area (Å²) in [5.74, 6) is -1.56. The van der Waals surface area contributed by atoms with E-state index in [1.807, 2.05) is 12.1 Å². The van der Waals surface area contributed by atoms with Crippen LogP contribution in [0.15, 0.2) is 30.5 Å². The molecule has 0 aliphatic carbocycles. The Kier molecular flexibility index (Phi) is 6.24. The molecular weight excluding hydrogens is 348 g/mol. The van der Waals surface area contributed by atoms with Crippen LogP contribution in [0.5, 0.6) is 0 Å². The Hall–Kier alpha value is -2.74. The van der Waals surface area contributed by atoms with Crippen LogP contribution in [0, 0.1) is 0 Å². The van der Waals surface area contributed by atoms with Crippen molar-refractivity contribution in [1.29, 1.82) is 0 Å². The number of amides is 3. The highest BCUT2D eigenvalue weighted by Crippen LogP contribution is 2.20. The minimum absolute atomic E-state index is 0.0207. The van der Waals surface area contributed by atoms with Crippen LogP contribution in [0.25, 0.3) is 10.9 Å². The zero-order chi connectivity index (χ0) is 18.4. The molecule has 9 heteroatoms. The van der Waals surface area contributed by atoms with Gasteiger partial charge in [0.05, 0.1) is 0 Å². The molecule has 2 aromatic rings. The van der Waals surface area contributed by atoms with E-state index in [1.54, 1.807) is 22.9 Å². The molecule has 0 aliphatic rings. The molecule has 0 fully saturated rings. The molecular formula is C16H19ClN4O4. The van der Waals surface area contributed by atoms with Crippen molar-refractivity contribution in [3.05, 3.63) is 35.5 Å². The summed E-state index contributed by atoms with van der Waals surface area (Å²) in [7, 11) is 0. The molecule has 0 saturated heterocycles. The first-order chi connectivity index (χ1) is 11.9. The number of urea groups is 1. The highest BCUT2D eigenvalue weighted by atomic mass is 35.5. The van der Waals surface area contributed by atoms with Crippen molar-refractivity contribution in [2.24, 2.45) is 5.73 Å². The quantitative estimate of drug-likeness (QED) is 0.525. The Morgan fingerprint density at radius 1 is 1.28 bits per heavy atom. The molecule has 1 aromatic carbocycles. The largest absolute Gasteiger partial charge is 0.480 e. The normalized spacial score (nSPS) is 11.9. The summed E-state index contributed by atoms with van der Waals surface area (Å²) in [6.45, 7) is 0.225. The van der Waals surface area contributed by atoms with Gasteiger partial charge < -0.3 is 26.0 Å². The number of halogens is 1. The molecule has 8 nitrogen and oxygen atoms in total. The smallest absolute Gasteiger partial charge is 0.326 e. The zero-order valence-electron chi connectivity index (χ0n) is 13.4. The van der Waals surface area contributed by atoms with Gasteiger partial charge in [0.2, 0.25) is 5.91 Å². The van der Waals surface area contributed by atoms with E-state index in [1.165, 1.54) is 0 Å². The van der Waals surface area contributed by atoms with Crippen LogP contribution in [-0.2, 0) is 16.1 Å². The topological polar surface area (TPSA) is 126 Å². The Morgan fingerprint density at radius 2 is 2.04 bits per heavy atom. The number of carboxylic acids is 1. The Balaban J connectivity index is 1.94. The van der Waals surface area contributed by atoms with Crippen LogP contribution in [0.3, 0.4) is 0 Å². The molecule has 0 saturated carbocycles. The van der Waals surface area contributed by atoms with Gasteiger partial charge in [0.25, 0.3) is 0 Å². The van der Waals surface area contributed by atoms with E-state index < -0.39 is 23.9 Å². The van der Waals surface area contributed by atoms with E-state index in [0.717, 1.165) is 10.9 Å². The van der Waals surface area contributed by atoms with Gasteiger partial charge >= 0.3 is 12.0 Å². The number of nitrogens with one attached hydrogen (secondary N) is 2. The number of fused-ring (bicyclic) bond motifs is 1. The van der Waals surface area contributed by atoms with Gasteiger partial charge in [-0.2, -0.15) is 0 Å². The Morgan fingerprint density at radius 3 is 2.72 bits per heavy atom.